The molecule has 1 aliphatic rings. The summed E-state index contributed by atoms with van der Waals surface area (Å²) in [6.45, 7) is 1.68. The van der Waals surface area contributed by atoms with Crippen molar-refractivity contribution in [2.24, 2.45) is 5.73 Å². The van der Waals surface area contributed by atoms with Gasteiger partial charge in [-0.25, -0.2) is 0 Å². The van der Waals surface area contributed by atoms with Crippen molar-refractivity contribution in [1.82, 2.24) is 10.2 Å². The van der Waals surface area contributed by atoms with Crippen LogP contribution in [0.4, 0.5) is 0 Å². The Hall–Kier alpha value is -1.66. The van der Waals surface area contributed by atoms with E-state index in [0.717, 1.165) is 25.9 Å². The maximum absolute atomic E-state index is 12.1. The zero-order valence-corrected chi connectivity index (χ0v) is 13.0. The van der Waals surface area contributed by atoms with E-state index in [1.807, 2.05) is 37.4 Å². The molecular weight excluding hydrogens is 286 g/mol. The zero-order valence-electron chi connectivity index (χ0n) is 12.2. The van der Waals surface area contributed by atoms with E-state index in [2.05, 4.69) is 10.2 Å². The number of piperidine rings is 1. The molecule has 6 heteroatoms. The molecule has 0 spiro atoms. The molecule has 1 heterocycles. The van der Waals surface area contributed by atoms with Gasteiger partial charge in [0.2, 0.25) is 0 Å². The monoisotopic (exact) mass is 307 g/mol. The number of carbonyl (C=O) groups is 1. The molecule has 0 atom stereocenters. The second-order valence-electron chi connectivity index (χ2n) is 5.40. The van der Waals surface area contributed by atoms with Gasteiger partial charge in [-0.1, -0.05) is 30.4 Å². The Kier molecular flexibility index (Phi) is 5.14. The fourth-order valence-corrected chi connectivity index (χ4v) is 2.66. The number of hydrogen-bond acceptors (Lipinski definition) is 4. The van der Waals surface area contributed by atoms with E-state index in [1.54, 1.807) is 0 Å². The van der Waals surface area contributed by atoms with Gasteiger partial charge in [0.15, 0.2) is 6.61 Å². The summed E-state index contributed by atoms with van der Waals surface area (Å²) >= 11 is 5.17. The Morgan fingerprint density at radius 2 is 2.00 bits per heavy atom. The summed E-state index contributed by atoms with van der Waals surface area (Å²) in [5, 5.41) is 2.97. The van der Waals surface area contributed by atoms with Crippen LogP contribution in [-0.4, -0.2) is 48.1 Å². The minimum absolute atomic E-state index is 0.0375. The molecule has 2 rings (SSSR count). The highest BCUT2D eigenvalue weighted by atomic mass is 32.1. The van der Waals surface area contributed by atoms with Crippen LogP contribution in [0.5, 0.6) is 5.75 Å². The lowest BCUT2D eigenvalue weighted by atomic mass is 9.87. The first-order chi connectivity index (χ1) is 10.0. The maximum Gasteiger partial charge on any atom is 0.258 e. The van der Waals surface area contributed by atoms with Crippen molar-refractivity contribution < 1.29 is 9.53 Å². The van der Waals surface area contributed by atoms with Crippen LogP contribution in [0.1, 0.15) is 12.8 Å². The molecule has 21 heavy (non-hydrogen) atoms. The highest BCUT2D eigenvalue weighted by molar-refractivity contribution is 7.80. The number of thiocarbonyl (C=S) groups is 1. The molecule has 1 fully saturated rings. The number of nitrogens with one attached hydrogen (secondary N) is 1. The van der Waals surface area contributed by atoms with Crippen molar-refractivity contribution in [2.45, 2.75) is 18.4 Å². The van der Waals surface area contributed by atoms with Gasteiger partial charge in [0, 0.05) is 13.1 Å². The predicted molar refractivity (Wildman–Crippen MR) is 86.3 cm³/mol. The third-order valence-electron chi connectivity index (χ3n) is 3.80. The molecule has 0 radical (unpaired) electrons. The van der Waals surface area contributed by atoms with Gasteiger partial charge in [-0.2, -0.15) is 0 Å². The topological polar surface area (TPSA) is 67.6 Å². The smallest absolute Gasteiger partial charge is 0.258 e. The average molecular weight is 307 g/mol. The largest absolute Gasteiger partial charge is 0.484 e. The highest BCUT2D eigenvalue weighted by Crippen LogP contribution is 2.22. The van der Waals surface area contributed by atoms with Crippen molar-refractivity contribution in [2.75, 3.05) is 26.7 Å². The van der Waals surface area contributed by atoms with Gasteiger partial charge in [0.1, 0.15) is 5.75 Å². The molecule has 0 aromatic heterocycles. The van der Waals surface area contributed by atoms with Gasteiger partial charge >= 0.3 is 0 Å². The summed E-state index contributed by atoms with van der Waals surface area (Å²) in [4.78, 5) is 14.7. The van der Waals surface area contributed by atoms with Crippen molar-refractivity contribution in [1.29, 1.82) is 0 Å². The van der Waals surface area contributed by atoms with Crippen LogP contribution >= 0.6 is 12.2 Å². The second kappa shape index (κ2) is 6.87. The SMILES string of the molecule is CN1CCC(NC(=O)COc2ccccc2)(C(N)=S)CC1. The van der Waals surface area contributed by atoms with E-state index < -0.39 is 5.54 Å². The number of carbonyl (C=O) groups excluding carboxylic acids is 1. The Morgan fingerprint density at radius 3 is 2.57 bits per heavy atom. The molecule has 0 saturated carbocycles. The summed E-state index contributed by atoms with van der Waals surface area (Å²) < 4.78 is 5.45. The van der Waals surface area contributed by atoms with Crippen LogP contribution in [-0.2, 0) is 4.79 Å². The fraction of sp³-hybridized carbons (Fsp3) is 0.467. The van der Waals surface area contributed by atoms with Crippen molar-refractivity contribution >= 4 is 23.1 Å². The van der Waals surface area contributed by atoms with Crippen molar-refractivity contribution in [3.63, 3.8) is 0 Å². The van der Waals surface area contributed by atoms with Crippen LogP contribution in [0.2, 0.25) is 0 Å². The number of amides is 1. The number of rotatable bonds is 5. The fourth-order valence-electron chi connectivity index (χ4n) is 2.40. The van der Waals surface area contributed by atoms with Gasteiger partial charge in [-0.15, -0.1) is 0 Å². The highest BCUT2D eigenvalue weighted by Gasteiger charge is 2.37. The quantitative estimate of drug-likeness (QED) is 0.792. The molecular formula is C15H21N3O2S. The first-order valence-corrected chi connectivity index (χ1v) is 7.40. The lowest BCUT2D eigenvalue weighted by Gasteiger charge is -2.40. The molecule has 0 bridgehead atoms. The molecule has 1 aromatic carbocycles. The van der Waals surface area contributed by atoms with Crippen LogP contribution in [0.25, 0.3) is 0 Å². The average Bonchev–Trinajstić information content (AvgIpc) is 2.48. The zero-order chi connectivity index (χ0) is 15.3. The van der Waals surface area contributed by atoms with E-state index in [4.69, 9.17) is 22.7 Å². The molecule has 1 aromatic rings. The number of ether oxygens (including phenoxy) is 1. The Labute approximate surface area is 130 Å². The first kappa shape index (κ1) is 15.7. The summed E-state index contributed by atoms with van der Waals surface area (Å²) in [7, 11) is 2.05. The van der Waals surface area contributed by atoms with Crippen molar-refractivity contribution in [3.05, 3.63) is 30.3 Å². The number of likely N-dealkylation sites (tertiary alicyclic amines) is 1. The third-order valence-corrected chi connectivity index (χ3v) is 4.19. The normalized spacial score (nSPS) is 18.0. The van der Waals surface area contributed by atoms with Crippen molar-refractivity contribution in [3.8, 4) is 5.75 Å². The molecule has 3 N–H and O–H groups in total. The number of benzene rings is 1. The van der Waals surface area contributed by atoms with Gasteiger partial charge in [-0.3, -0.25) is 4.79 Å². The van der Waals surface area contributed by atoms with E-state index >= 15 is 0 Å². The summed E-state index contributed by atoms with van der Waals surface area (Å²) in [5.41, 5.74) is 5.28. The summed E-state index contributed by atoms with van der Waals surface area (Å²) in [6.07, 6.45) is 1.46. The standard InChI is InChI=1S/C15H21N3O2S/c1-18-9-7-15(8-10-18,14(16)21)17-13(19)11-20-12-5-3-2-4-6-12/h2-6H,7-11H2,1H3,(H2,16,21)(H,17,19). The van der Waals surface area contributed by atoms with E-state index in [1.165, 1.54) is 0 Å². The van der Waals surface area contributed by atoms with E-state index in [0.29, 0.717) is 10.7 Å². The Morgan fingerprint density at radius 1 is 1.38 bits per heavy atom. The summed E-state index contributed by atoms with van der Waals surface area (Å²) in [5.74, 6) is 0.469. The number of hydrogen-bond donors (Lipinski definition) is 2. The molecule has 5 nitrogen and oxygen atoms in total. The molecule has 0 unspecified atom stereocenters. The first-order valence-electron chi connectivity index (χ1n) is 6.99. The molecule has 1 saturated heterocycles. The Bertz CT molecular complexity index is 499. The minimum Gasteiger partial charge on any atom is -0.484 e. The third kappa shape index (κ3) is 4.15. The number of nitrogens with two attached hydrogens (primary N) is 1. The minimum atomic E-state index is -0.584. The van der Waals surface area contributed by atoms with Gasteiger partial charge in [0.25, 0.3) is 5.91 Å². The number of nitrogens with zero attached hydrogens (tertiary/aromatic N) is 1. The van der Waals surface area contributed by atoms with Gasteiger partial charge < -0.3 is 20.7 Å². The maximum atomic E-state index is 12.1. The number of para-hydroxylation sites is 1. The lowest BCUT2D eigenvalue weighted by Crippen LogP contribution is -2.62. The van der Waals surface area contributed by atoms with Gasteiger partial charge in [-0.05, 0) is 32.0 Å². The van der Waals surface area contributed by atoms with Gasteiger partial charge in [0.05, 0.1) is 10.5 Å². The lowest BCUT2D eigenvalue weighted by molar-refractivity contribution is -0.124. The van der Waals surface area contributed by atoms with Crippen LogP contribution in [0.3, 0.4) is 0 Å². The summed E-state index contributed by atoms with van der Waals surface area (Å²) in [6, 6.07) is 9.24. The molecule has 1 amide bonds. The Balaban J connectivity index is 1.91. The molecule has 114 valence electrons. The van der Waals surface area contributed by atoms with E-state index in [-0.39, 0.29) is 12.5 Å². The van der Waals surface area contributed by atoms with Crippen LogP contribution in [0.15, 0.2) is 30.3 Å². The predicted octanol–water partition coefficient (Wildman–Crippen LogP) is 0.932. The second-order valence-corrected chi connectivity index (χ2v) is 5.84. The van der Waals surface area contributed by atoms with E-state index in [9.17, 15) is 4.79 Å². The molecule has 1 aliphatic heterocycles. The van der Waals surface area contributed by atoms with Crippen LogP contribution < -0.4 is 15.8 Å². The molecule has 0 aliphatic carbocycles. The van der Waals surface area contributed by atoms with Crippen LogP contribution in [0, 0.1) is 0 Å².